The van der Waals surface area contributed by atoms with E-state index in [0.717, 1.165) is 27.4 Å². The van der Waals surface area contributed by atoms with Crippen LogP contribution in [0, 0.1) is 0 Å². The molecule has 0 amide bonds. The van der Waals surface area contributed by atoms with Gasteiger partial charge in [0, 0.05) is 22.5 Å². The van der Waals surface area contributed by atoms with Crippen LogP contribution in [0.25, 0.3) is 21.8 Å². The van der Waals surface area contributed by atoms with Crippen molar-refractivity contribution in [2.24, 2.45) is 5.73 Å². The highest BCUT2D eigenvalue weighted by atomic mass is 32.2. The summed E-state index contributed by atoms with van der Waals surface area (Å²) in [6, 6.07) is 27.9. The molecule has 4 N–H and O–H groups in total. The van der Waals surface area contributed by atoms with Crippen molar-refractivity contribution in [3.05, 3.63) is 121 Å². The fourth-order valence-electron chi connectivity index (χ4n) is 5.56. The van der Waals surface area contributed by atoms with Crippen LogP contribution in [-0.2, 0) is 26.8 Å². The summed E-state index contributed by atoms with van der Waals surface area (Å²) in [5.41, 5.74) is 8.62. The molecule has 1 aliphatic heterocycles. The minimum absolute atomic E-state index is 0.113. The van der Waals surface area contributed by atoms with Gasteiger partial charge in [0.25, 0.3) is 0 Å². The van der Waals surface area contributed by atoms with Crippen LogP contribution in [0.3, 0.4) is 0 Å². The molecule has 4 aromatic carbocycles. The zero-order valence-corrected chi connectivity index (χ0v) is 24.3. The summed E-state index contributed by atoms with van der Waals surface area (Å²) < 4.78 is 40.9. The quantitative estimate of drug-likeness (QED) is 0.162. The molecule has 3 heterocycles. The van der Waals surface area contributed by atoms with Crippen LogP contribution in [0.1, 0.15) is 11.1 Å². The first kappa shape index (κ1) is 27.8. The van der Waals surface area contributed by atoms with Crippen molar-refractivity contribution in [1.82, 2.24) is 19.5 Å². The summed E-state index contributed by atoms with van der Waals surface area (Å²) in [5, 5.41) is 8.80. The van der Waals surface area contributed by atoms with Gasteiger partial charge in [-0.25, -0.2) is 13.2 Å². The SMILES string of the molecule is N[C@@H](Cc1cccc(S(=O)(=O)N2CC(Oc3ccc4[nH]ncc4c3)(c3ccccc3)C2)c1)C(=O)Oc1ccc2[nH]ccc2c1. The lowest BCUT2D eigenvalue weighted by Crippen LogP contribution is -2.64. The van der Waals surface area contributed by atoms with Gasteiger partial charge in [-0.15, -0.1) is 0 Å². The van der Waals surface area contributed by atoms with E-state index in [2.05, 4.69) is 15.2 Å². The predicted molar refractivity (Wildman–Crippen MR) is 166 cm³/mol. The summed E-state index contributed by atoms with van der Waals surface area (Å²) in [6.45, 7) is 0.259. The van der Waals surface area contributed by atoms with Gasteiger partial charge < -0.3 is 20.2 Å². The zero-order chi connectivity index (χ0) is 30.3. The Morgan fingerprint density at radius 3 is 2.52 bits per heavy atom. The van der Waals surface area contributed by atoms with Crippen LogP contribution in [0.5, 0.6) is 11.5 Å². The van der Waals surface area contributed by atoms with Gasteiger partial charge in [-0.3, -0.25) is 5.10 Å². The Morgan fingerprint density at radius 2 is 1.68 bits per heavy atom. The van der Waals surface area contributed by atoms with Gasteiger partial charge in [0.15, 0.2) is 5.60 Å². The van der Waals surface area contributed by atoms with E-state index >= 15 is 0 Å². The van der Waals surface area contributed by atoms with Gasteiger partial charge in [-0.1, -0.05) is 42.5 Å². The van der Waals surface area contributed by atoms with E-state index in [9.17, 15) is 13.2 Å². The fourth-order valence-corrected chi connectivity index (χ4v) is 7.16. The van der Waals surface area contributed by atoms with E-state index in [4.69, 9.17) is 15.2 Å². The van der Waals surface area contributed by atoms with Crippen molar-refractivity contribution in [3.63, 3.8) is 0 Å². The van der Waals surface area contributed by atoms with Crippen LogP contribution in [0.4, 0.5) is 0 Å². The lowest BCUT2D eigenvalue weighted by atomic mass is 9.87. The number of nitrogens with zero attached hydrogens (tertiary/aromatic N) is 2. The lowest BCUT2D eigenvalue weighted by Gasteiger charge is -2.48. The summed E-state index contributed by atoms with van der Waals surface area (Å²) >= 11 is 0. The molecule has 2 aromatic heterocycles. The first-order valence-corrected chi connectivity index (χ1v) is 15.5. The minimum Gasteiger partial charge on any atom is -0.480 e. The van der Waals surface area contributed by atoms with Crippen LogP contribution in [0.2, 0.25) is 0 Å². The van der Waals surface area contributed by atoms with E-state index in [0.29, 0.717) is 17.1 Å². The topological polar surface area (TPSA) is 143 Å². The summed E-state index contributed by atoms with van der Waals surface area (Å²) in [4.78, 5) is 16.0. The number of esters is 1. The van der Waals surface area contributed by atoms with E-state index < -0.39 is 27.6 Å². The minimum atomic E-state index is -3.86. The van der Waals surface area contributed by atoms with E-state index in [1.807, 2.05) is 60.7 Å². The maximum Gasteiger partial charge on any atom is 0.328 e. The van der Waals surface area contributed by atoms with Crippen molar-refractivity contribution in [2.45, 2.75) is 23.0 Å². The molecular formula is C33H29N5O5S. The molecule has 0 saturated carbocycles. The largest absolute Gasteiger partial charge is 0.480 e. The summed E-state index contributed by atoms with van der Waals surface area (Å²) in [6.07, 6.45) is 3.64. The molecule has 0 aliphatic carbocycles. The highest BCUT2D eigenvalue weighted by molar-refractivity contribution is 7.89. The van der Waals surface area contributed by atoms with Crippen molar-refractivity contribution in [2.75, 3.05) is 13.1 Å². The number of carbonyl (C=O) groups is 1. The van der Waals surface area contributed by atoms with E-state index in [1.165, 1.54) is 4.31 Å². The Balaban J connectivity index is 1.06. The number of carbonyl (C=O) groups excluding carboxylic acids is 1. The number of nitrogens with one attached hydrogen (secondary N) is 2. The standard InChI is InChI=1S/C33H29N5O5S/c34-29(32(39)42-26-9-11-30-23(17-26)13-14-35-30)16-22-5-4-8-28(15-22)44(40,41)38-20-33(21-38,25-6-2-1-3-7-25)43-27-10-12-31-24(18-27)19-36-37-31/h1-15,17-19,29,35H,16,20-21,34H2,(H,36,37)/t29-/m0/s1. The number of hydrogen-bond acceptors (Lipinski definition) is 7. The van der Waals surface area contributed by atoms with Crippen LogP contribution < -0.4 is 15.2 Å². The molecule has 44 heavy (non-hydrogen) atoms. The molecule has 0 radical (unpaired) electrons. The molecule has 11 heteroatoms. The Labute approximate surface area is 253 Å². The van der Waals surface area contributed by atoms with Crippen molar-refractivity contribution >= 4 is 37.8 Å². The van der Waals surface area contributed by atoms with Gasteiger partial charge >= 0.3 is 5.97 Å². The van der Waals surface area contributed by atoms with E-state index in [-0.39, 0.29) is 24.4 Å². The Hall–Kier alpha value is -4.97. The molecule has 1 atom stereocenters. The van der Waals surface area contributed by atoms with Crippen molar-refractivity contribution < 1.29 is 22.7 Å². The average molecular weight is 608 g/mol. The number of nitrogens with two attached hydrogens (primary N) is 1. The molecule has 1 aliphatic rings. The second-order valence-corrected chi connectivity index (χ2v) is 12.9. The maximum absolute atomic E-state index is 13.8. The molecule has 0 unspecified atom stereocenters. The number of hydrogen-bond donors (Lipinski definition) is 3. The second kappa shape index (κ2) is 10.9. The molecular weight excluding hydrogens is 578 g/mol. The summed E-state index contributed by atoms with van der Waals surface area (Å²) in [5.74, 6) is 0.408. The highest BCUT2D eigenvalue weighted by Gasteiger charge is 2.52. The molecule has 10 nitrogen and oxygen atoms in total. The number of benzene rings is 4. The zero-order valence-electron chi connectivity index (χ0n) is 23.5. The lowest BCUT2D eigenvalue weighted by molar-refractivity contribution is -0.135. The van der Waals surface area contributed by atoms with Gasteiger partial charge in [0.2, 0.25) is 10.0 Å². The number of fused-ring (bicyclic) bond motifs is 2. The number of aromatic nitrogens is 3. The highest BCUT2D eigenvalue weighted by Crippen LogP contribution is 2.40. The Kier molecular flexibility index (Phi) is 6.92. The average Bonchev–Trinajstić information content (AvgIpc) is 3.68. The van der Waals surface area contributed by atoms with Gasteiger partial charge in [-0.2, -0.15) is 9.40 Å². The molecule has 0 spiro atoms. The normalized spacial score (nSPS) is 15.6. The molecule has 1 saturated heterocycles. The summed E-state index contributed by atoms with van der Waals surface area (Å²) in [7, 11) is -3.86. The van der Waals surface area contributed by atoms with Gasteiger partial charge in [-0.05, 0) is 72.1 Å². The number of rotatable bonds is 9. The molecule has 0 bridgehead atoms. The molecule has 1 fully saturated rings. The number of aromatic amines is 2. The molecule has 222 valence electrons. The third-order valence-electron chi connectivity index (χ3n) is 7.93. The van der Waals surface area contributed by atoms with Crippen LogP contribution in [0.15, 0.2) is 114 Å². The molecule has 6 aromatic rings. The Morgan fingerprint density at radius 1 is 0.909 bits per heavy atom. The van der Waals surface area contributed by atoms with Crippen molar-refractivity contribution in [3.8, 4) is 11.5 Å². The van der Waals surface area contributed by atoms with Crippen molar-refractivity contribution in [1.29, 1.82) is 0 Å². The predicted octanol–water partition coefficient (Wildman–Crippen LogP) is 4.50. The van der Waals surface area contributed by atoms with E-state index in [1.54, 1.807) is 48.8 Å². The number of ether oxygens (including phenoxy) is 2. The third-order valence-corrected chi connectivity index (χ3v) is 9.71. The van der Waals surface area contributed by atoms with Crippen LogP contribution in [-0.4, -0.2) is 53.0 Å². The first-order chi connectivity index (χ1) is 21.3. The fraction of sp³-hybridized carbons (Fsp3) is 0.152. The number of sulfonamides is 1. The number of H-pyrrole nitrogens is 2. The monoisotopic (exact) mass is 607 g/mol. The van der Waals surface area contributed by atoms with Crippen LogP contribution >= 0.6 is 0 Å². The smallest absolute Gasteiger partial charge is 0.328 e. The third kappa shape index (κ3) is 5.21. The Bertz CT molecular complexity index is 2080. The van der Waals surface area contributed by atoms with Gasteiger partial charge in [0.05, 0.1) is 29.7 Å². The second-order valence-electron chi connectivity index (χ2n) is 11.0. The maximum atomic E-state index is 13.8. The molecule has 7 rings (SSSR count). The first-order valence-electron chi connectivity index (χ1n) is 14.1. The van der Waals surface area contributed by atoms with Gasteiger partial charge in [0.1, 0.15) is 17.5 Å².